The van der Waals surface area contributed by atoms with Gasteiger partial charge in [0.15, 0.2) is 0 Å². The van der Waals surface area contributed by atoms with Gasteiger partial charge in [-0.25, -0.2) is 0 Å². The molecule has 0 bridgehead atoms. The minimum atomic E-state index is 0.736. The molecule has 0 amide bonds. The Balaban J connectivity index is 1.94. The van der Waals surface area contributed by atoms with Crippen molar-refractivity contribution in [2.75, 3.05) is 0 Å². The summed E-state index contributed by atoms with van der Waals surface area (Å²) >= 11 is 6.48. The molecule has 1 heterocycles. The van der Waals surface area contributed by atoms with Gasteiger partial charge in [0.1, 0.15) is 11.2 Å². The van der Waals surface area contributed by atoms with Crippen LogP contribution in [-0.2, 0) is 0 Å². The van der Waals surface area contributed by atoms with Crippen LogP contribution < -0.4 is 0 Å². The molecule has 1 aliphatic carbocycles. The predicted octanol–water partition coefficient (Wildman–Crippen LogP) is 7.04. The lowest BCUT2D eigenvalue weighted by Crippen LogP contribution is -1.78. The average Bonchev–Trinajstić information content (AvgIpc) is 3.15. The fraction of sp³-hybridized carbons (Fsp3) is 0. The smallest absolute Gasteiger partial charge is 0.143 e. The van der Waals surface area contributed by atoms with E-state index >= 15 is 0 Å². The van der Waals surface area contributed by atoms with Crippen molar-refractivity contribution in [3.8, 4) is 22.3 Å². The monoisotopic (exact) mass is 326 g/mol. The molecule has 2 heteroatoms. The molecule has 24 heavy (non-hydrogen) atoms. The van der Waals surface area contributed by atoms with Crippen LogP contribution in [0, 0.1) is 0 Å². The first-order chi connectivity index (χ1) is 11.8. The van der Waals surface area contributed by atoms with Crippen LogP contribution in [0.5, 0.6) is 0 Å². The minimum Gasteiger partial charge on any atom is -0.455 e. The van der Waals surface area contributed by atoms with Gasteiger partial charge in [-0.3, -0.25) is 0 Å². The lowest BCUT2D eigenvalue weighted by Gasteiger charge is -2.03. The summed E-state index contributed by atoms with van der Waals surface area (Å²) < 4.78 is 6.20. The van der Waals surface area contributed by atoms with Crippen LogP contribution in [0.2, 0.25) is 5.02 Å². The predicted molar refractivity (Wildman–Crippen MR) is 101 cm³/mol. The maximum Gasteiger partial charge on any atom is 0.143 e. The standard InChI is InChI=1S/C22H11ClO/c23-18-9-4-10-19-21(18)17-11-16-13-6-2-1-5-12(13)14-7-3-8-15(20(14)16)22(17)24-19/h1-11H. The summed E-state index contributed by atoms with van der Waals surface area (Å²) in [5.41, 5.74) is 6.90. The van der Waals surface area contributed by atoms with Gasteiger partial charge >= 0.3 is 0 Å². The number of benzene rings is 4. The Morgan fingerprint density at radius 3 is 2.25 bits per heavy atom. The third-order valence-electron chi connectivity index (χ3n) is 5.08. The molecular formula is C22H11ClO. The summed E-state index contributed by atoms with van der Waals surface area (Å²) in [7, 11) is 0. The lowest BCUT2D eigenvalue weighted by molar-refractivity contribution is 0.673. The van der Waals surface area contributed by atoms with Crippen molar-refractivity contribution in [1.82, 2.24) is 0 Å². The summed E-state index contributed by atoms with van der Waals surface area (Å²) in [5.74, 6) is 0. The number of halogens is 1. The summed E-state index contributed by atoms with van der Waals surface area (Å²) in [4.78, 5) is 0. The van der Waals surface area contributed by atoms with Crippen LogP contribution in [0.3, 0.4) is 0 Å². The van der Waals surface area contributed by atoms with E-state index in [1.54, 1.807) is 0 Å². The van der Waals surface area contributed by atoms with Crippen molar-refractivity contribution in [2.24, 2.45) is 0 Å². The van der Waals surface area contributed by atoms with E-state index in [-0.39, 0.29) is 0 Å². The highest BCUT2D eigenvalue weighted by Crippen LogP contribution is 2.50. The molecule has 0 N–H and O–H groups in total. The van der Waals surface area contributed by atoms with Crippen LogP contribution in [-0.4, -0.2) is 0 Å². The first kappa shape index (κ1) is 12.6. The topological polar surface area (TPSA) is 13.1 Å². The van der Waals surface area contributed by atoms with Crippen LogP contribution in [0.15, 0.2) is 71.1 Å². The molecule has 0 spiro atoms. The number of furan rings is 1. The Hall–Kier alpha value is -2.77. The molecule has 0 atom stereocenters. The van der Waals surface area contributed by atoms with Gasteiger partial charge in [-0.1, -0.05) is 60.1 Å². The van der Waals surface area contributed by atoms with Gasteiger partial charge in [-0.05, 0) is 40.5 Å². The van der Waals surface area contributed by atoms with Gasteiger partial charge in [0.25, 0.3) is 0 Å². The average molecular weight is 327 g/mol. The van der Waals surface area contributed by atoms with Gasteiger partial charge in [0.2, 0.25) is 0 Å². The summed E-state index contributed by atoms with van der Waals surface area (Å²) in [6, 6.07) is 23.1. The molecule has 112 valence electrons. The molecule has 1 aliphatic rings. The van der Waals surface area contributed by atoms with Gasteiger partial charge in [0.05, 0.1) is 5.02 Å². The second kappa shape index (κ2) is 4.19. The van der Waals surface area contributed by atoms with Gasteiger partial charge in [-0.2, -0.15) is 0 Å². The van der Waals surface area contributed by atoms with Crippen molar-refractivity contribution in [3.05, 3.63) is 71.8 Å². The Kier molecular flexibility index (Phi) is 2.21. The second-order valence-corrected chi connectivity index (χ2v) is 6.70. The fourth-order valence-electron chi connectivity index (χ4n) is 4.10. The Labute approximate surface area is 143 Å². The first-order valence-electron chi connectivity index (χ1n) is 7.99. The van der Waals surface area contributed by atoms with E-state index in [0.29, 0.717) is 0 Å². The van der Waals surface area contributed by atoms with Crippen LogP contribution in [0.1, 0.15) is 0 Å². The van der Waals surface area contributed by atoms with Crippen molar-refractivity contribution in [3.63, 3.8) is 0 Å². The summed E-state index contributed by atoms with van der Waals surface area (Å²) in [6.45, 7) is 0. The van der Waals surface area contributed by atoms with Crippen LogP contribution in [0.4, 0.5) is 0 Å². The first-order valence-corrected chi connectivity index (χ1v) is 8.37. The molecule has 0 radical (unpaired) electrons. The zero-order chi connectivity index (χ0) is 15.8. The van der Waals surface area contributed by atoms with E-state index in [9.17, 15) is 0 Å². The van der Waals surface area contributed by atoms with E-state index in [1.165, 1.54) is 27.6 Å². The highest BCUT2D eigenvalue weighted by molar-refractivity contribution is 6.39. The third kappa shape index (κ3) is 1.37. The molecule has 0 aliphatic heterocycles. The SMILES string of the molecule is Clc1cccc2oc3c4cccc5c4c(cc3c12)-c1ccccc1-5. The van der Waals surface area contributed by atoms with Gasteiger partial charge in [0, 0.05) is 21.5 Å². The van der Waals surface area contributed by atoms with Crippen molar-refractivity contribution in [1.29, 1.82) is 0 Å². The molecule has 4 aromatic carbocycles. The largest absolute Gasteiger partial charge is 0.455 e. The molecule has 1 nitrogen and oxygen atoms in total. The summed E-state index contributed by atoms with van der Waals surface area (Å²) in [6.07, 6.45) is 0. The quantitative estimate of drug-likeness (QED) is 0.292. The van der Waals surface area contributed by atoms with E-state index < -0.39 is 0 Å². The van der Waals surface area contributed by atoms with E-state index in [4.69, 9.17) is 16.0 Å². The second-order valence-electron chi connectivity index (χ2n) is 6.29. The zero-order valence-electron chi connectivity index (χ0n) is 12.6. The number of rotatable bonds is 0. The Bertz CT molecular complexity index is 1310. The van der Waals surface area contributed by atoms with E-state index in [0.717, 1.165) is 32.3 Å². The fourth-order valence-corrected chi connectivity index (χ4v) is 4.37. The highest BCUT2D eigenvalue weighted by atomic mass is 35.5. The van der Waals surface area contributed by atoms with Gasteiger partial charge in [-0.15, -0.1) is 0 Å². The van der Waals surface area contributed by atoms with E-state index in [1.807, 2.05) is 18.2 Å². The maximum absolute atomic E-state index is 6.48. The molecule has 5 aromatic rings. The normalized spacial score (nSPS) is 12.4. The molecule has 0 saturated heterocycles. The van der Waals surface area contributed by atoms with Crippen molar-refractivity contribution in [2.45, 2.75) is 0 Å². The molecule has 0 unspecified atom stereocenters. The summed E-state index contributed by atoms with van der Waals surface area (Å²) in [5, 5.41) is 5.26. The molecular weight excluding hydrogens is 316 g/mol. The zero-order valence-corrected chi connectivity index (χ0v) is 13.4. The van der Waals surface area contributed by atoms with Crippen molar-refractivity contribution < 1.29 is 4.42 Å². The third-order valence-corrected chi connectivity index (χ3v) is 5.39. The van der Waals surface area contributed by atoms with Crippen LogP contribution >= 0.6 is 11.6 Å². The van der Waals surface area contributed by atoms with Gasteiger partial charge < -0.3 is 4.42 Å². The number of hydrogen-bond donors (Lipinski definition) is 0. The van der Waals surface area contributed by atoms with Crippen LogP contribution in [0.25, 0.3) is 55.0 Å². The Morgan fingerprint density at radius 1 is 0.625 bits per heavy atom. The molecule has 0 fully saturated rings. The van der Waals surface area contributed by atoms with E-state index in [2.05, 4.69) is 48.5 Å². The minimum absolute atomic E-state index is 0.736. The number of hydrogen-bond acceptors (Lipinski definition) is 1. The molecule has 6 rings (SSSR count). The highest BCUT2D eigenvalue weighted by Gasteiger charge is 2.24. The van der Waals surface area contributed by atoms with Crippen molar-refractivity contribution >= 4 is 44.3 Å². The lowest BCUT2D eigenvalue weighted by atomic mass is 9.99. The molecule has 1 aromatic heterocycles. The molecule has 0 saturated carbocycles. The maximum atomic E-state index is 6.48. The number of fused-ring (bicyclic) bond motifs is 7. The Morgan fingerprint density at radius 2 is 1.38 bits per heavy atom.